The molecule has 0 saturated heterocycles. The van der Waals surface area contributed by atoms with Crippen LogP contribution in [0.1, 0.15) is 21.5 Å². The van der Waals surface area contributed by atoms with Gasteiger partial charge in [0.2, 0.25) is 5.95 Å². The van der Waals surface area contributed by atoms with Gasteiger partial charge in [0.25, 0.3) is 5.91 Å². The number of nitrogens with one attached hydrogen (secondary N) is 2. The SMILES string of the molecule is CSc1cnc(Nc2ccc(C(=O)Nc3c(C)cccc3C)cc2)nc1-c1ccc(F)cc1. The lowest BCUT2D eigenvalue weighted by Gasteiger charge is -2.12. The highest BCUT2D eigenvalue weighted by Gasteiger charge is 2.12. The minimum absolute atomic E-state index is 0.168. The van der Waals surface area contributed by atoms with Gasteiger partial charge in [-0.15, -0.1) is 11.8 Å². The number of benzene rings is 3. The maximum absolute atomic E-state index is 13.3. The zero-order chi connectivity index (χ0) is 23.4. The molecule has 4 aromatic rings. The lowest BCUT2D eigenvalue weighted by molar-refractivity contribution is 0.102. The van der Waals surface area contributed by atoms with Crippen molar-refractivity contribution in [2.45, 2.75) is 18.7 Å². The molecule has 0 saturated carbocycles. The molecule has 33 heavy (non-hydrogen) atoms. The molecule has 0 fully saturated rings. The first-order chi connectivity index (χ1) is 15.9. The lowest BCUT2D eigenvalue weighted by Crippen LogP contribution is -2.13. The van der Waals surface area contributed by atoms with Crippen molar-refractivity contribution in [3.05, 3.63) is 95.4 Å². The van der Waals surface area contributed by atoms with E-state index in [0.29, 0.717) is 11.5 Å². The van der Waals surface area contributed by atoms with E-state index in [0.717, 1.165) is 38.7 Å². The Morgan fingerprint density at radius 2 is 1.61 bits per heavy atom. The van der Waals surface area contributed by atoms with Crippen LogP contribution in [-0.2, 0) is 0 Å². The first-order valence-electron chi connectivity index (χ1n) is 10.4. The minimum Gasteiger partial charge on any atom is -0.324 e. The van der Waals surface area contributed by atoms with Crippen molar-refractivity contribution in [1.29, 1.82) is 0 Å². The fourth-order valence-corrected chi connectivity index (χ4v) is 3.94. The van der Waals surface area contributed by atoms with Crippen LogP contribution in [0.5, 0.6) is 0 Å². The summed E-state index contributed by atoms with van der Waals surface area (Å²) in [5, 5.41) is 6.17. The molecular weight excluding hydrogens is 435 g/mol. The van der Waals surface area contributed by atoms with Gasteiger partial charge < -0.3 is 10.6 Å². The number of carbonyl (C=O) groups excluding carboxylic acids is 1. The molecule has 0 bridgehead atoms. The largest absolute Gasteiger partial charge is 0.324 e. The molecule has 0 atom stereocenters. The van der Waals surface area contributed by atoms with Gasteiger partial charge in [-0.05, 0) is 79.8 Å². The quantitative estimate of drug-likeness (QED) is 0.318. The first kappa shape index (κ1) is 22.5. The summed E-state index contributed by atoms with van der Waals surface area (Å²) in [6.07, 6.45) is 3.69. The first-order valence-corrected chi connectivity index (χ1v) is 11.6. The molecule has 2 N–H and O–H groups in total. The Kier molecular flexibility index (Phi) is 6.70. The van der Waals surface area contributed by atoms with Crippen molar-refractivity contribution >= 4 is 35.0 Å². The summed E-state index contributed by atoms with van der Waals surface area (Å²) in [4.78, 5) is 22.6. The molecule has 0 spiro atoms. The molecule has 1 heterocycles. The Morgan fingerprint density at radius 3 is 2.24 bits per heavy atom. The second kappa shape index (κ2) is 9.83. The summed E-state index contributed by atoms with van der Waals surface area (Å²) in [7, 11) is 0. The van der Waals surface area contributed by atoms with Gasteiger partial charge in [-0.1, -0.05) is 18.2 Å². The molecule has 1 amide bonds. The van der Waals surface area contributed by atoms with Crippen LogP contribution < -0.4 is 10.6 Å². The fraction of sp³-hybridized carbons (Fsp3) is 0.115. The number of amides is 1. The number of carbonyl (C=O) groups is 1. The Morgan fingerprint density at radius 1 is 0.939 bits per heavy atom. The molecule has 4 rings (SSSR count). The number of rotatable bonds is 6. The van der Waals surface area contributed by atoms with Crippen LogP contribution in [-0.4, -0.2) is 22.1 Å². The van der Waals surface area contributed by atoms with Gasteiger partial charge in [0.1, 0.15) is 5.82 Å². The maximum Gasteiger partial charge on any atom is 0.255 e. The molecular formula is C26H23FN4OS. The van der Waals surface area contributed by atoms with E-state index in [1.807, 2.05) is 50.4 Å². The van der Waals surface area contributed by atoms with Crippen molar-refractivity contribution in [1.82, 2.24) is 9.97 Å². The van der Waals surface area contributed by atoms with E-state index in [1.54, 1.807) is 30.5 Å². The smallest absolute Gasteiger partial charge is 0.255 e. The average molecular weight is 459 g/mol. The van der Waals surface area contributed by atoms with Crippen LogP contribution in [0.3, 0.4) is 0 Å². The number of nitrogens with zero attached hydrogens (tertiary/aromatic N) is 2. The standard InChI is InChI=1S/C26H23FN4OS/c1-16-5-4-6-17(2)23(16)30-25(32)19-9-13-21(14-10-19)29-26-28-15-22(33-3)24(31-26)18-7-11-20(27)12-8-18/h4-15H,1-3H3,(H,30,32)(H,28,29,31). The number of aromatic nitrogens is 2. The maximum atomic E-state index is 13.3. The van der Waals surface area contributed by atoms with E-state index >= 15 is 0 Å². The Bertz CT molecular complexity index is 1270. The number of hydrogen-bond donors (Lipinski definition) is 2. The normalized spacial score (nSPS) is 10.7. The van der Waals surface area contributed by atoms with Gasteiger partial charge in [0.05, 0.1) is 10.6 Å². The summed E-state index contributed by atoms with van der Waals surface area (Å²) in [6.45, 7) is 3.94. The summed E-state index contributed by atoms with van der Waals surface area (Å²) < 4.78 is 13.3. The third-order valence-corrected chi connectivity index (χ3v) is 5.95. The van der Waals surface area contributed by atoms with Gasteiger partial charge in [-0.3, -0.25) is 4.79 Å². The van der Waals surface area contributed by atoms with Crippen LogP contribution in [0.25, 0.3) is 11.3 Å². The number of hydrogen-bond acceptors (Lipinski definition) is 5. The summed E-state index contributed by atoms with van der Waals surface area (Å²) in [6, 6.07) is 19.3. The van der Waals surface area contributed by atoms with E-state index in [1.165, 1.54) is 23.9 Å². The van der Waals surface area contributed by atoms with Crippen LogP contribution in [0.2, 0.25) is 0 Å². The second-order valence-corrected chi connectivity index (χ2v) is 8.39. The van der Waals surface area contributed by atoms with Crippen molar-refractivity contribution < 1.29 is 9.18 Å². The van der Waals surface area contributed by atoms with Crippen LogP contribution in [0.4, 0.5) is 21.7 Å². The molecule has 0 aliphatic carbocycles. The van der Waals surface area contributed by atoms with E-state index in [9.17, 15) is 9.18 Å². The number of anilines is 3. The van der Waals surface area contributed by atoms with E-state index in [2.05, 4.69) is 20.6 Å². The summed E-state index contributed by atoms with van der Waals surface area (Å²) >= 11 is 1.53. The monoisotopic (exact) mass is 458 g/mol. The van der Waals surface area contributed by atoms with E-state index < -0.39 is 0 Å². The van der Waals surface area contributed by atoms with Crippen molar-refractivity contribution in [3.8, 4) is 11.3 Å². The minimum atomic E-state index is -0.293. The van der Waals surface area contributed by atoms with Crippen molar-refractivity contribution in [2.24, 2.45) is 0 Å². The third kappa shape index (κ3) is 5.21. The highest BCUT2D eigenvalue weighted by Crippen LogP contribution is 2.29. The highest BCUT2D eigenvalue weighted by molar-refractivity contribution is 7.98. The Labute approximate surface area is 196 Å². The molecule has 0 radical (unpaired) electrons. The third-order valence-electron chi connectivity index (χ3n) is 5.22. The Balaban J connectivity index is 1.51. The topological polar surface area (TPSA) is 66.9 Å². The predicted octanol–water partition coefficient (Wildman–Crippen LogP) is 6.62. The summed E-state index contributed by atoms with van der Waals surface area (Å²) in [5.74, 6) is -0.0449. The van der Waals surface area contributed by atoms with Gasteiger partial charge >= 0.3 is 0 Å². The van der Waals surface area contributed by atoms with Gasteiger partial charge in [-0.2, -0.15) is 0 Å². The van der Waals surface area contributed by atoms with Crippen molar-refractivity contribution in [3.63, 3.8) is 0 Å². The predicted molar refractivity (Wildman–Crippen MR) is 133 cm³/mol. The molecule has 166 valence electrons. The van der Waals surface area contributed by atoms with Crippen LogP contribution in [0, 0.1) is 19.7 Å². The molecule has 0 unspecified atom stereocenters. The molecule has 1 aromatic heterocycles. The molecule has 0 aliphatic heterocycles. The molecule has 5 nitrogen and oxygen atoms in total. The van der Waals surface area contributed by atoms with Gasteiger partial charge in [-0.25, -0.2) is 14.4 Å². The van der Waals surface area contributed by atoms with Gasteiger partial charge in [0.15, 0.2) is 0 Å². The number of halogens is 1. The van der Waals surface area contributed by atoms with Crippen LogP contribution >= 0.6 is 11.8 Å². The zero-order valence-electron chi connectivity index (χ0n) is 18.5. The van der Waals surface area contributed by atoms with Gasteiger partial charge in [0, 0.05) is 28.7 Å². The number of thioether (sulfide) groups is 1. The molecule has 7 heteroatoms. The average Bonchev–Trinajstić information content (AvgIpc) is 2.82. The fourth-order valence-electron chi connectivity index (χ4n) is 3.43. The number of aryl methyl sites for hydroxylation is 2. The summed E-state index contributed by atoms with van der Waals surface area (Å²) in [5.41, 5.74) is 5.71. The highest BCUT2D eigenvalue weighted by atomic mass is 32.2. The molecule has 0 aliphatic rings. The van der Waals surface area contributed by atoms with E-state index in [-0.39, 0.29) is 11.7 Å². The Hall–Kier alpha value is -3.71. The van der Waals surface area contributed by atoms with Crippen molar-refractivity contribution in [2.75, 3.05) is 16.9 Å². The van der Waals surface area contributed by atoms with E-state index in [4.69, 9.17) is 0 Å². The lowest BCUT2D eigenvalue weighted by atomic mass is 10.1. The number of para-hydroxylation sites is 1. The zero-order valence-corrected chi connectivity index (χ0v) is 19.3. The molecule has 3 aromatic carbocycles. The van der Waals surface area contributed by atoms with Crippen LogP contribution in [0.15, 0.2) is 77.8 Å². The second-order valence-electron chi connectivity index (χ2n) is 7.54.